The van der Waals surface area contributed by atoms with E-state index < -0.39 is 0 Å². The molecule has 0 unspecified atom stereocenters. The van der Waals surface area contributed by atoms with Gasteiger partial charge in [-0.3, -0.25) is 0 Å². The molecule has 1 heterocycles. The lowest BCUT2D eigenvalue weighted by Crippen LogP contribution is -1.97. The quantitative estimate of drug-likeness (QED) is 0.712. The van der Waals surface area contributed by atoms with Gasteiger partial charge >= 0.3 is 0 Å². The van der Waals surface area contributed by atoms with Gasteiger partial charge in [-0.15, -0.1) is 0 Å². The van der Waals surface area contributed by atoms with Crippen molar-refractivity contribution in [2.45, 2.75) is 0 Å². The van der Waals surface area contributed by atoms with Crippen LogP contribution in [-0.2, 0) is 0 Å². The summed E-state index contributed by atoms with van der Waals surface area (Å²) >= 11 is 0. The van der Waals surface area contributed by atoms with E-state index in [2.05, 4.69) is 5.16 Å². The predicted molar refractivity (Wildman–Crippen MR) is 87.0 cm³/mol. The normalized spacial score (nSPS) is 10.4. The number of benzene rings is 2. The smallest absolute Gasteiger partial charge is 0.204 e. The Kier molecular flexibility index (Phi) is 4.19. The lowest BCUT2D eigenvalue weighted by molar-refractivity contribution is 0.324. The average Bonchev–Trinajstić information content (AvgIpc) is 3.10. The van der Waals surface area contributed by atoms with Crippen LogP contribution < -0.4 is 14.2 Å². The number of nitrogens with zero attached hydrogens (tertiary/aromatic N) is 1. The minimum absolute atomic E-state index is 0.517. The Labute approximate surface area is 134 Å². The second-order valence-electron chi connectivity index (χ2n) is 4.82. The van der Waals surface area contributed by atoms with Gasteiger partial charge in [0, 0.05) is 5.56 Å². The fraction of sp³-hybridized carbons (Fsp3) is 0.167. The number of ether oxygens (including phenoxy) is 3. The van der Waals surface area contributed by atoms with Crippen molar-refractivity contribution in [1.82, 2.24) is 5.16 Å². The summed E-state index contributed by atoms with van der Waals surface area (Å²) < 4.78 is 21.8. The Hall–Kier alpha value is -2.95. The number of methoxy groups -OCH3 is 3. The zero-order valence-corrected chi connectivity index (χ0v) is 13.2. The molecule has 0 aliphatic carbocycles. The molecule has 0 radical (unpaired) electrons. The highest BCUT2D eigenvalue weighted by atomic mass is 16.5. The van der Waals surface area contributed by atoms with Crippen LogP contribution in [0.3, 0.4) is 0 Å². The zero-order valence-electron chi connectivity index (χ0n) is 13.2. The molecule has 5 heteroatoms. The van der Waals surface area contributed by atoms with Crippen LogP contribution in [0, 0.1) is 0 Å². The van der Waals surface area contributed by atoms with Crippen molar-refractivity contribution >= 4 is 0 Å². The van der Waals surface area contributed by atoms with Crippen LogP contribution in [-0.4, -0.2) is 26.5 Å². The third-order valence-electron chi connectivity index (χ3n) is 3.60. The zero-order chi connectivity index (χ0) is 16.2. The highest BCUT2D eigenvalue weighted by molar-refractivity contribution is 5.84. The molecule has 0 spiro atoms. The number of rotatable bonds is 5. The molecule has 1 aromatic heterocycles. The van der Waals surface area contributed by atoms with Gasteiger partial charge in [-0.2, -0.15) is 0 Å². The third-order valence-corrected chi connectivity index (χ3v) is 3.60. The topological polar surface area (TPSA) is 53.7 Å². The Balaban J connectivity index is 2.19. The largest absolute Gasteiger partial charge is 0.493 e. The second kappa shape index (κ2) is 6.44. The highest BCUT2D eigenvalue weighted by Crippen LogP contribution is 2.46. The lowest BCUT2D eigenvalue weighted by atomic mass is 10.0. The van der Waals surface area contributed by atoms with Crippen LogP contribution >= 0.6 is 0 Å². The SMILES string of the molecule is COc1ccc(-c2oncc2-c2ccccc2)c(OC)c1OC. The second-order valence-corrected chi connectivity index (χ2v) is 4.82. The summed E-state index contributed by atoms with van der Waals surface area (Å²) in [7, 11) is 4.74. The maximum Gasteiger partial charge on any atom is 0.204 e. The molecule has 0 saturated heterocycles. The van der Waals surface area contributed by atoms with Gasteiger partial charge in [0.15, 0.2) is 17.3 Å². The average molecular weight is 311 g/mol. The lowest BCUT2D eigenvalue weighted by Gasteiger charge is -2.15. The van der Waals surface area contributed by atoms with Gasteiger partial charge in [-0.1, -0.05) is 35.5 Å². The van der Waals surface area contributed by atoms with E-state index in [0.29, 0.717) is 23.0 Å². The van der Waals surface area contributed by atoms with Crippen molar-refractivity contribution in [3.8, 4) is 39.7 Å². The molecule has 0 saturated carbocycles. The van der Waals surface area contributed by atoms with Crippen LogP contribution in [0.2, 0.25) is 0 Å². The third kappa shape index (κ3) is 2.61. The van der Waals surface area contributed by atoms with Crippen LogP contribution in [0.5, 0.6) is 17.2 Å². The van der Waals surface area contributed by atoms with Gasteiger partial charge in [0.2, 0.25) is 5.75 Å². The molecule has 2 aromatic carbocycles. The van der Waals surface area contributed by atoms with Gasteiger partial charge in [0.25, 0.3) is 0 Å². The van der Waals surface area contributed by atoms with Gasteiger partial charge in [-0.05, 0) is 17.7 Å². The van der Waals surface area contributed by atoms with Crippen molar-refractivity contribution in [3.05, 3.63) is 48.7 Å². The van der Waals surface area contributed by atoms with Gasteiger partial charge in [0.05, 0.1) is 33.1 Å². The van der Waals surface area contributed by atoms with Gasteiger partial charge < -0.3 is 18.7 Å². The number of hydrogen-bond acceptors (Lipinski definition) is 5. The van der Waals surface area contributed by atoms with E-state index in [9.17, 15) is 0 Å². The molecule has 0 fully saturated rings. The summed E-state index contributed by atoms with van der Waals surface area (Å²) in [5, 5.41) is 3.95. The molecule has 0 aliphatic heterocycles. The molecule has 0 aliphatic rings. The van der Waals surface area contributed by atoms with E-state index in [-0.39, 0.29) is 0 Å². The number of hydrogen-bond donors (Lipinski definition) is 0. The van der Waals surface area contributed by atoms with Gasteiger partial charge in [-0.25, -0.2) is 0 Å². The molecule has 3 aromatic rings. The van der Waals surface area contributed by atoms with E-state index in [0.717, 1.165) is 16.7 Å². The van der Waals surface area contributed by atoms with Crippen LogP contribution in [0.25, 0.3) is 22.5 Å². The van der Waals surface area contributed by atoms with E-state index in [1.54, 1.807) is 27.5 Å². The molecular weight excluding hydrogens is 294 g/mol. The molecular formula is C18H17NO4. The molecule has 3 rings (SSSR count). The Morgan fingerprint density at radius 3 is 2.17 bits per heavy atom. The minimum Gasteiger partial charge on any atom is -0.493 e. The summed E-state index contributed by atoms with van der Waals surface area (Å²) in [6, 6.07) is 13.6. The Morgan fingerprint density at radius 1 is 0.783 bits per heavy atom. The maximum absolute atomic E-state index is 5.53. The summed E-state index contributed by atoms with van der Waals surface area (Å²) in [5.41, 5.74) is 2.65. The molecule has 5 nitrogen and oxygen atoms in total. The van der Waals surface area contributed by atoms with Crippen LogP contribution in [0.4, 0.5) is 0 Å². The van der Waals surface area contributed by atoms with Crippen molar-refractivity contribution in [3.63, 3.8) is 0 Å². The van der Waals surface area contributed by atoms with Crippen LogP contribution in [0.15, 0.2) is 53.2 Å². The first-order valence-corrected chi connectivity index (χ1v) is 7.09. The summed E-state index contributed by atoms with van der Waals surface area (Å²) in [6.07, 6.45) is 1.70. The molecule has 23 heavy (non-hydrogen) atoms. The van der Waals surface area contributed by atoms with Crippen molar-refractivity contribution in [2.75, 3.05) is 21.3 Å². The molecule has 0 N–H and O–H groups in total. The standard InChI is InChI=1S/C18H17NO4/c1-20-15-10-9-13(17(21-2)18(15)22-3)16-14(11-19-23-16)12-7-5-4-6-8-12/h4-11H,1-3H3. The van der Waals surface area contributed by atoms with E-state index >= 15 is 0 Å². The monoisotopic (exact) mass is 311 g/mol. The molecule has 118 valence electrons. The fourth-order valence-corrected chi connectivity index (χ4v) is 2.54. The minimum atomic E-state index is 0.517. The molecule has 0 bridgehead atoms. The van der Waals surface area contributed by atoms with E-state index in [1.807, 2.05) is 42.5 Å². The van der Waals surface area contributed by atoms with Crippen molar-refractivity contribution in [2.24, 2.45) is 0 Å². The first kappa shape index (κ1) is 15.0. The first-order valence-electron chi connectivity index (χ1n) is 7.09. The van der Waals surface area contributed by atoms with E-state index in [4.69, 9.17) is 18.7 Å². The maximum atomic E-state index is 5.53. The van der Waals surface area contributed by atoms with Crippen molar-refractivity contribution in [1.29, 1.82) is 0 Å². The van der Waals surface area contributed by atoms with Crippen molar-refractivity contribution < 1.29 is 18.7 Å². The highest BCUT2D eigenvalue weighted by Gasteiger charge is 2.22. The van der Waals surface area contributed by atoms with E-state index in [1.165, 1.54) is 0 Å². The first-order chi connectivity index (χ1) is 11.3. The summed E-state index contributed by atoms with van der Waals surface area (Å²) in [5.74, 6) is 2.27. The summed E-state index contributed by atoms with van der Waals surface area (Å²) in [6.45, 7) is 0. The predicted octanol–water partition coefficient (Wildman–Crippen LogP) is 4.03. The Bertz CT molecular complexity index is 796. The fourth-order valence-electron chi connectivity index (χ4n) is 2.54. The summed E-state index contributed by atoms with van der Waals surface area (Å²) in [4.78, 5) is 0. The molecule has 0 amide bonds. The van der Waals surface area contributed by atoms with Crippen LogP contribution in [0.1, 0.15) is 0 Å². The Morgan fingerprint density at radius 2 is 1.52 bits per heavy atom. The molecule has 0 atom stereocenters. The van der Waals surface area contributed by atoms with Gasteiger partial charge in [0.1, 0.15) is 0 Å². The number of aromatic nitrogens is 1.